The molecule has 0 aromatic carbocycles. The Hall–Kier alpha value is -0.100. The van der Waals surface area contributed by atoms with E-state index in [0.717, 1.165) is 13.8 Å². The zero-order valence-electron chi connectivity index (χ0n) is 6.91. The average Bonchev–Trinajstić information content (AvgIpc) is 2.73. The summed E-state index contributed by atoms with van der Waals surface area (Å²) in [6.45, 7) is 0. The van der Waals surface area contributed by atoms with Crippen LogP contribution in [0.5, 0.6) is 0 Å². The highest BCUT2D eigenvalue weighted by atomic mass is 79.9. The van der Waals surface area contributed by atoms with Gasteiger partial charge in [0.1, 0.15) is 6.10 Å². The first-order chi connectivity index (χ1) is 6.70. The van der Waals surface area contributed by atoms with Gasteiger partial charge in [-0.05, 0) is 49.4 Å². The molecule has 0 spiro atoms. The minimum absolute atomic E-state index is 0.535. The molecule has 0 saturated carbocycles. The summed E-state index contributed by atoms with van der Waals surface area (Å²) in [6, 6.07) is 3.67. The number of furan rings is 1. The highest BCUT2D eigenvalue weighted by Gasteiger charge is 2.20. The van der Waals surface area contributed by atoms with E-state index < -0.39 is 6.10 Å². The second kappa shape index (κ2) is 4.18. The first-order valence-corrected chi connectivity index (χ1v) is 6.30. The molecule has 14 heavy (non-hydrogen) atoms. The van der Waals surface area contributed by atoms with Gasteiger partial charge in [-0.3, -0.25) is 0 Å². The fourth-order valence-corrected chi connectivity index (χ4v) is 3.11. The van der Waals surface area contributed by atoms with Crippen LogP contribution in [-0.4, -0.2) is 5.11 Å². The Morgan fingerprint density at radius 1 is 1.29 bits per heavy atom. The van der Waals surface area contributed by atoms with Gasteiger partial charge in [0, 0.05) is 4.47 Å². The maximum Gasteiger partial charge on any atom is 0.151 e. The SMILES string of the molecule is OC(c1occc1Br)c1sccc1Br. The number of thiophene rings is 1. The molecule has 2 heterocycles. The number of hydrogen-bond donors (Lipinski definition) is 1. The van der Waals surface area contributed by atoms with Crippen molar-refractivity contribution in [1.29, 1.82) is 0 Å². The first kappa shape index (κ1) is 10.4. The Morgan fingerprint density at radius 2 is 2.07 bits per heavy atom. The maximum atomic E-state index is 9.99. The van der Waals surface area contributed by atoms with Crippen molar-refractivity contribution in [2.75, 3.05) is 0 Å². The normalized spacial score (nSPS) is 13.1. The van der Waals surface area contributed by atoms with Crippen LogP contribution >= 0.6 is 43.2 Å². The molecule has 5 heteroatoms. The molecular weight excluding hydrogens is 332 g/mol. The Labute approximate surface area is 102 Å². The average molecular weight is 338 g/mol. The lowest BCUT2D eigenvalue weighted by molar-refractivity contribution is 0.191. The summed E-state index contributed by atoms with van der Waals surface area (Å²) in [5.74, 6) is 0.535. The van der Waals surface area contributed by atoms with E-state index in [2.05, 4.69) is 31.9 Å². The molecule has 0 amide bonds. The minimum atomic E-state index is -0.714. The molecule has 1 unspecified atom stereocenters. The standard InChI is InChI=1S/C9H6Br2O2S/c10-5-1-3-13-8(5)7(12)9-6(11)2-4-14-9/h1-4,7,12H. The summed E-state index contributed by atoms with van der Waals surface area (Å²) >= 11 is 8.17. The molecule has 0 aliphatic rings. The van der Waals surface area contributed by atoms with Crippen LogP contribution in [0.15, 0.2) is 37.1 Å². The Balaban J connectivity index is 2.38. The van der Waals surface area contributed by atoms with Crippen molar-refractivity contribution in [3.63, 3.8) is 0 Å². The van der Waals surface area contributed by atoms with Gasteiger partial charge in [-0.1, -0.05) is 0 Å². The molecule has 74 valence electrons. The van der Waals surface area contributed by atoms with Crippen LogP contribution in [0.25, 0.3) is 0 Å². The van der Waals surface area contributed by atoms with Crippen molar-refractivity contribution in [3.05, 3.63) is 43.4 Å². The van der Waals surface area contributed by atoms with Crippen molar-refractivity contribution in [2.45, 2.75) is 6.10 Å². The van der Waals surface area contributed by atoms with Gasteiger partial charge < -0.3 is 9.52 Å². The van der Waals surface area contributed by atoms with E-state index in [-0.39, 0.29) is 0 Å². The lowest BCUT2D eigenvalue weighted by atomic mass is 10.2. The van der Waals surface area contributed by atoms with Crippen LogP contribution in [0.1, 0.15) is 16.7 Å². The molecule has 0 saturated heterocycles. The highest BCUT2D eigenvalue weighted by molar-refractivity contribution is 9.10. The predicted octanol–water partition coefficient (Wildman–Crippen LogP) is 3.95. The van der Waals surface area contributed by atoms with Gasteiger partial charge in [-0.25, -0.2) is 0 Å². The van der Waals surface area contributed by atoms with Crippen molar-refractivity contribution in [1.82, 2.24) is 0 Å². The summed E-state index contributed by atoms with van der Waals surface area (Å²) in [6.07, 6.45) is 0.832. The number of hydrogen-bond acceptors (Lipinski definition) is 3. The summed E-state index contributed by atoms with van der Waals surface area (Å²) < 4.78 is 6.88. The zero-order chi connectivity index (χ0) is 10.1. The van der Waals surface area contributed by atoms with Gasteiger partial charge in [0.25, 0.3) is 0 Å². The summed E-state index contributed by atoms with van der Waals surface area (Å²) in [4.78, 5) is 0.848. The monoisotopic (exact) mass is 336 g/mol. The zero-order valence-corrected chi connectivity index (χ0v) is 10.9. The van der Waals surface area contributed by atoms with Crippen molar-refractivity contribution in [2.24, 2.45) is 0 Å². The van der Waals surface area contributed by atoms with Gasteiger partial charge in [0.05, 0.1) is 15.6 Å². The summed E-state index contributed by atoms with van der Waals surface area (Å²) in [5.41, 5.74) is 0. The van der Waals surface area contributed by atoms with E-state index in [4.69, 9.17) is 4.42 Å². The van der Waals surface area contributed by atoms with Crippen LogP contribution in [-0.2, 0) is 0 Å². The van der Waals surface area contributed by atoms with Gasteiger partial charge in [-0.2, -0.15) is 0 Å². The second-order valence-electron chi connectivity index (χ2n) is 2.67. The Kier molecular flexibility index (Phi) is 3.11. The topological polar surface area (TPSA) is 33.4 Å². The van der Waals surface area contributed by atoms with Crippen LogP contribution < -0.4 is 0 Å². The van der Waals surface area contributed by atoms with Gasteiger partial charge in [0.2, 0.25) is 0 Å². The third kappa shape index (κ3) is 1.82. The molecule has 0 bridgehead atoms. The van der Waals surface area contributed by atoms with E-state index in [1.807, 2.05) is 11.4 Å². The lowest BCUT2D eigenvalue weighted by Crippen LogP contribution is -1.96. The van der Waals surface area contributed by atoms with E-state index in [0.29, 0.717) is 5.76 Å². The van der Waals surface area contributed by atoms with Gasteiger partial charge in [0.15, 0.2) is 5.76 Å². The molecule has 0 aliphatic carbocycles. The minimum Gasteiger partial charge on any atom is -0.465 e. The Bertz CT molecular complexity index is 395. The number of halogens is 2. The number of rotatable bonds is 2. The highest BCUT2D eigenvalue weighted by Crippen LogP contribution is 2.36. The molecule has 1 atom stereocenters. The molecular formula is C9H6Br2O2S. The smallest absolute Gasteiger partial charge is 0.151 e. The van der Waals surface area contributed by atoms with Crippen LogP contribution in [0.3, 0.4) is 0 Å². The number of aliphatic hydroxyl groups is 1. The fourth-order valence-electron chi connectivity index (χ4n) is 1.12. The molecule has 2 rings (SSSR count). The Morgan fingerprint density at radius 3 is 2.57 bits per heavy atom. The largest absolute Gasteiger partial charge is 0.465 e. The van der Waals surface area contributed by atoms with E-state index >= 15 is 0 Å². The maximum absolute atomic E-state index is 9.99. The molecule has 0 aliphatic heterocycles. The van der Waals surface area contributed by atoms with Crippen molar-refractivity contribution in [3.8, 4) is 0 Å². The quantitative estimate of drug-likeness (QED) is 0.900. The molecule has 0 radical (unpaired) electrons. The second-order valence-corrected chi connectivity index (χ2v) is 5.32. The van der Waals surface area contributed by atoms with Gasteiger partial charge in [-0.15, -0.1) is 11.3 Å². The van der Waals surface area contributed by atoms with Crippen LogP contribution in [0, 0.1) is 0 Å². The molecule has 1 N–H and O–H groups in total. The third-order valence-corrected chi connectivity index (χ3v) is 4.36. The first-order valence-electron chi connectivity index (χ1n) is 3.84. The summed E-state index contributed by atoms with van der Waals surface area (Å²) in [5, 5.41) is 11.9. The van der Waals surface area contributed by atoms with Crippen molar-refractivity contribution >= 4 is 43.2 Å². The molecule has 0 fully saturated rings. The molecule has 2 aromatic heterocycles. The summed E-state index contributed by atoms with van der Waals surface area (Å²) in [7, 11) is 0. The fraction of sp³-hybridized carbons (Fsp3) is 0.111. The van der Waals surface area contributed by atoms with Crippen LogP contribution in [0.2, 0.25) is 0 Å². The van der Waals surface area contributed by atoms with E-state index in [1.165, 1.54) is 11.3 Å². The lowest BCUT2D eigenvalue weighted by Gasteiger charge is -2.06. The van der Waals surface area contributed by atoms with Gasteiger partial charge >= 0.3 is 0 Å². The number of aliphatic hydroxyl groups excluding tert-OH is 1. The predicted molar refractivity (Wildman–Crippen MR) is 62.5 cm³/mol. The molecule has 2 nitrogen and oxygen atoms in total. The van der Waals surface area contributed by atoms with Crippen LogP contribution in [0.4, 0.5) is 0 Å². The third-order valence-electron chi connectivity index (χ3n) is 1.79. The van der Waals surface area contributed by atoms with E-state index in [1.54, 1.807) is 12.3 Å². The molecule has 2 aromatic rings. The van der Waals surface area contributed by atoms with E-state index in [9.17, 15) is 5.11 Å². The van der Waals surface area contributed by atoms with Crippen molar-refractivity contribution < 1.29 is 9.52 Å².